The second kappa shape index (κ2) is 15.6. The summed E-state index contributed by atoms with van der Waals surface area (Å²) in [7, 11) is -5.69. The van der Waals surface area contributed by atoms with Gasteiger partial charge >= 0.3 is 104 Å². The van der Waals surface area contributed by atoms with Crippen LogP contribution in [0.3, 0.4) is 0 Å². The van der Waals surface area contributed by atoms with Crippen LogP contribution in [0.4, 0.5) is 0 Å². The summed E-state index contributed by atoms with van der Waals surface area (Å²) in [5, 5.41) is 0. The van der Waals surface area contributed by atoms with Crippen LogP contribution in [0.2, 0.25) is 0 Å². The summed E-state index contributed by atoms with van der Waals surface area (Å²) in [4.78, 5) is 36.3. The SMILES string of the molecule is COc1ccc(/C=C\c2cc(OC)c(OC)c(OP(=O)(O)O)c2)cc1OP(=O)(O)O.[Na+].[Na+].[Na+]. The van der Waals surface area contributed by atoms with Gasteiger partial charge in [-0.15, -0.1) is 0 Å². The van der Waals surface area contributed by atoms with E-state index in [2.05, 4.69) is 9.05 Å². The molecule has 0 unspecified atom stereocenters. The van der Waals surface area contributed by atoms with Crippen molar-refractivity contribution in [1.29, 1.82) is 0 Å². The molecular weight excluding hydrogens is 511 g/mol. The Kier molecular flexibility index (Phi) is 16.8. The summed E-state index contributed by atoms with van der Waals surface area (Å²) in [6, 6.07) is 7.28. The Morgan fingerprint density at radius 3 is 1.58 bits per heavy atom. The van der Waals surface area contributed by atoms with Crippen molar-refractivity contribution < 1.29 is 141 Å². The first-order chi connectivity index (χ1) is 14.0. The second-order valence-corrected chi connectivity index (χ2v) is 7.99. The zero-order chi connectivity index (χ0) is 22.5. The third-order valence-electron chi connectivity index (χ3n) is 3.56. The summed E-state index contributed by atoms with van der Waals surface area (Å²) in [5.41, 5.74) is 0.927. The minimum absolute atomic E-state index is 0. The quantitative estimate of drug-likeness (QED) is 0.139. The molecule has 0 heterocycles. The number of benzene rings is 2. The topological polar surface area (TPSA) is 161 Å². The maximum Gasteiger partial charge on any atom is 1.00 e. The van der Waals surface area contributed by atoms with E-state index in [1.54, 1.807) is 24.3 Å². The first kappa shape index (κ1) is 35.6. The number of rotatable bonds is 9. The van der Waals surface area contributed by atoms with E-state index in [0.29, 0.717) is 11.1 Å². The van der Waals surface area contributed by atoms with Gasteiger partial charge in [0.1, 0.15) is 0 Å². The van der Waals surface area contributed by atoms with E-state index in [9.17, 15) is 9.13 Å². The molecule has 16 heteroatoms. The molecule has 0 atom stereocenters. The van der Waals surface area contributed by atoms with Crippen LogP contribution >= 0.6 is 15.6 Å². The Bertz CT molecular complexity index is 1040. The van der Waals surface area contributed by atoms with Crippen LogP contribution in [0.5, 0.6) is 28.7 Å². The van der Waals surface area contributed by atoms with E-state index in [-0.39, 0.29) is 117 Å². The summed E-state index contributed by atoms with van der Waals surface area (Å²) in [6.45, 7) is 0. The van der Waals surface area contributed by atoms with Gasteiger partial charge in [0.25, 0.3) is 0 Å². The van der Waals surface area contributed by atoms with Crippen molar-refractivity contribution in [3.63, 3.8) is 0 Å². The van der Waals surface area contributed by atoms with Crippen molar-refractivity contribution in [2.75, 3.05) is 21.3 Å². The maximum atomic E-state index is 11.2. The van der Waals surface area contributed by atoms with E-state index >= 15 is 0 Å². The molecule has 0 aliphatic heterocycles. The molecule has 0 aliphatic carbocycles. The number of phosphoric acid groups is 2. The Hall–Kier alpha value is 0.480. The molecule has 0 saturated heterocycles. The molecule has 0 bridgehead atoms. The van der Waals surface area contributed by atoms with Gasteiger partial charge in [-0.25, -0.2) is 9.13 Å². The zero-order valence-corrected chi connectivity index (χ0v) is 26.9. The van der Waals surface area contributed by atoms with Gasteiger partial charge < -0.3 is 23.3 Å². The van der Waals surface area contributed by atoms with E-state index in [4.69, 9.17) is 33.8 Å². The van der Waals surface area contributed by atoms with Crippen LogP contribution in [0.1, 0.15) is 11.1 Å². The minimum atomic E-state index is -4.85. The van der Waals surface area contributed by atoms with Gasteiger partial charge in [-0.1, -0.05) is 18.2 Å². The van der Waals surface area contributed by atoms with Crippen LogP contribution < -0.4 is 112 Å². The van der Waals surface area contributed by atoms with Crippen LogP contribution in [0, 0.1) is 0 Å². The first-order valence-corrected chi connectivity index (χ1v) is 11.1. The molecule has 0 amide bonds. The van der Waals surface area contributed by atoms with Gasteiger partial charge in [0.2, 0.25) is 5.75 Å². The number of methoxy groups -OCH3 is 3. The van der Waals surface area contributed by atoms with Gasteiger partial charge in [-0.05, 0) is 35.4 Å². The second-order valence-electron chi connectivity index (χ2n) is 5.66. The predicted octanol–water partition coefficient (Wildman–Crippen LogP) is -6.16. The molecular formula is C17H20Na3O11P2+3. The maximum absolute atomic E-state index is 11.2. The molecule has 4 N–H and O–H groups in total. The predicted molar refractivity (Wildman–Crippen MR) is 107 cm³/mol. The third-order valence-corrected chi connectivity index (χ3v) is 4.43. The normalized spacial score (nSPS) is 10.9. The van der Waals surface area contributed by atoms with Crippen LogP contribution in [0.15, 0.2) is 30.3 Å². The summed E-state index contributed by atoms with van der Waals surface area (Å²) < 4.78 is 47.0. The van der Waals surface area contributed by atoms with Crippen molar-refractivity contribution in [3.8, 4) is 28.7 Å². The number of ether oxygens (including phenoxy) is 3. The molecule has 164 valence electrons. The molecule has 33 heavy (non-hydrogen) atoms. The standard InChI is InChI=1S/C17H20O11P2.3Na/c1-24-13-7-6-11(8-14(13)27-29(18,19)20)4-5-12-9-15(25-2)17(26-3)16(10-12)28-30(21,22)23;;;/h4-10H,1-3H3,(H2,18,19,20)(H2,21,22,23);;;/q;3*+1/b5-4-;;;. The van der Waals surface area contributed by atoms with Gasteiger partial charge in [-0.3, -0.25) is 19.6 Å². The van der Waals surface area contributed by atoms with Crippen LogP contribution in [-0.4, -0.2) is 40.9 Å². The largest absolute Gasteiger partial charge is 1.00 e. The van der Waals surface area contributed by atoms with E-state index in [1.807, 2.05) is 0 Å². The minimum Gasteiger partial charge on any atom is -0.493 e. The van der Waals surface area contributed by atoms with Gasteiger partial charge in [-0.2, -0.15) is 0 Å². The van der Waals surface area contributed by atoms with Gasteiger partial charge in [0, 0.05) is 0 Å². The Morgan fingerprint density at radius 2 is 1.09 bits per heavy atom. The fourth-order valence-corrected chi connectivity index (χ4v) is 3.22. The van der Waals surface area contributed by atoms with Gasteiger partial charge in [0.15, 0.2) is 23.0 Å². The molecule has 0 radical (unpaired) electrons. The smallest absolute Gasteiger partial charge is 0.493 e. The Morgan fingerprint density at radius 1 is 0.636 bits per heavy atom. The molecule has 0 aromatic heterocycles. The number of hydrogen-bond acceptors (Lipinski definition) is 7. The van der Waals surface area contributed by atoms with Crippen molar-refractivity contribution in [2.24, 2.45) is 0 Å². The number of phosphoric ester groups is 2. The molecule has 2 aromatic carbocycles. The van der Waals surface area contributed by atoms with Crippen LogP contribution in [0.25, 0.3) is 12.2 Å². The summed E-state index contributed by atoms with van der Waals surface area (Å²) in [6.07, 6.45) is 3.12. The van der Waals surface area contributed by atoms with Crippen molar-refractivity contribution in [2.45, 2.75) is 0 Å². The molecule has 2 rings (SSSR count). The van der Waals surface area contributed by atoms with Crippen molar-refractivity contribution in [1.82, 2.24) is 0 Å². The molecule has 0 spiro atoms. The van der Waals surface area contributed by atoms with Crippen molar-refractivity contribution >= 4 is 27.8 Å². The average molecular weight is 531 g/mol. The van der Waals surface area contributed by atoms with E-state index < -0.39 is 15.6 Å². The first-order valence-electron chi connectivity index (χ1n) is 8.08. The average Bonchev–Trinajstić information content (AvgIpc) is 2.63. The zero-order valence-electron chi connectivity index (χ0n) is 19.1. The monoisotopic (exact) mass is 531 g/mol. The Labute approximate surface area is 257 Å². The molecule has 0 aliphatic rings. The molecule has 0 fully saturated rings. The van der Waals surface area contributed by atoms with E-state index in [0.717, 1.165) is 0 Å². The fraction of sp³-hybridized carbons (Fsp3) is 0.176. The molecule has 11 nitrogen and oxygen atoms in total. The Balaban J connectivity index is 0. The van der Waals surface area contributed by atoms with E-state index in [1.165, 1.54) is 39.5 Å². The summed E-state index contributed by atoms with van der Waals surface area (Å²) in [5.74, 6) is -0.0991. The molecule has 2 aromatic rings. The third kappa shape index (κ3) is 11.8. The number of hydrogen-bond donors (Lipinski definition) is 4. The van der Waals surface area contributed by atoms with Crippen molar-refractivity contribution in [3.05, 3.63) is 41.5 Å². The molecule has 0 saturated carbocycles. The van der Waals surface area contributed by atoms with Gasteiger partial charge in [0.05, 0.1) is 21.3 Å². The fourth-order valence-electron chi connectivity index (χ4n) is 2.43. The van der Waals surface area contributed by atoms with Crippen LogP contribution in [-0.2, 0) is 9.13 Å². The summed E-state index contributed by atoms with van der Waals surface area (Å²) >= 11 is 0.